The molecule has 0 aliphatic carbocycles. The van der Waals surface area contributed by atoms with Gasteiger partial charge in [-0.25, -0.2) is 0 Å². The zero-order chi connectivity index (χ0) is 8.43. The highest BCUT2D eigenvalue weighted by Crippen LogP contribution is 2.12. The van der Waals surface area contributed by atoms with Crippen molar-refractivity contribution >= 4 is 5.91 Å². The third-order valence-corrected chi connectivity index (χ3v) is 2.03. The molecule has 62 valence electrons. The van der Waals surface area contributed by atoms with E-state index in [0.29, 0.717) is 6.54 Å². The molecule has 1 aliphatic rings. The van der Waals surface area contributed by atoms with Gasteiger partial charge in [-0.15, -0.1) is 0 Å². The van der Waals surface area contributed by atoms with Crippen LogP contribution in [-0.4, -0.2) is 24.4 Å². The van der Waals surface area contributed by atoms with Crippen molar-refractivity contribution in [2.24, 2.45) is 0 Å². The van der Waals surface area contributed by atoms with E-state index in [0.717, 1.165) is 12.1 Å². The maximum Gasteiger partial charge on any atom is 0.243 e. The lowest BCUT2D eigenvalue weighted by molar-refractivity contribution is -0.121. The molecule has 3 heteroatoms. The highest BCUT2D eigenvalue weighted by molar-refractivity contribution is 5.81. The zero-order valence-corrected chi connectivity index (χ0v) is 7.27. The fourth-order valence-electron chi connectivity index (χ4n) is 1.21. The van der Waals surface area contributed by atoms with Gasteiger partial charge in [0.05, 0.1) is 6.54 Å². The van der Waals surface area contributed by atoms with Crippen molar-refractivity contribution in [3.8, 4) is 0 Å². The Bertz CT molecular complexity index is 208. The molecule has 0 saturated heterocycles. The molecule has 0 aromatic heterocycles. The van der Waals surface area contributed by atoms with Crippen LogP contribution in [0.5, 0.6) is 0 Å². The van der Waals surface area contributed by atoms with Gasteiger partial charge < -0.3 is 10.2 Å². The lowest BCUT2D eigenvalue weighted by Gasteiger charge is -2.27. The standard InChI is InChI=1S/C8H14N2O/c1-4-7-6(2)10(3)5-8(11)9-7/h4-5H2,1-3H3,(H,9,11). The summed E-state index contributed by atoms with van der Waals surface area (Å²) in [5, 5.41) is 2.85. The van der Waals surface area contributed by atoms with Crippen molar-refractivity contribution in [1.29, 1.82) is 0 Å². The lowest BCUT2D eigenvalue weighted by Crippen LogP contribution is -2.40. The SMILES string of the molecule is CCC1=C(C)N(C)CC(=O)N1. The number of nitrogens with zero attached hydrogens (tertiary/aromatic N) is 1. The number of amides is 1. The van der Waals surface area contributed by atoms with Gasteiger partial charge in [0.15, 0.2) is 0 Å². The quantitative estimate of drug-likeness (QED) is 0.602. The third-order valence-electron chi connectivity index (χ3n) is 2.03. The Balaban J connectivity index is 2.85. The smallest absolute Gasteiger partial charge is 0.243 e. The van der Waals surface area contributed by atoms with E-state index in [1.54, 1.807) is 0 Å². The van der Waals surface area contributed by atoms with Crippen molar-refractivity contribution in [2.75, 3.05) is 13.6 Å². The van der Waals surface area contributed by atoms with Crippen LogP contribution in [0.4, 0.5) is 0 Å². The van der Waals surface area contributed by atoms with Crippen LogP contribution in [0.2, 0.25) is 0 Å². The summed E-state index contributed by atoms with van der Waals surface area (Å²) in [5.41, 5.74) is 2.22. The van der Waals surface area contributed by atoms with Crippen molar-refractivity contribution in [3.63, 3.8) is 0 Å². The van der Waals surface area contributed by atoms with Gasteiger partial charge in [-0.1, -0.05) is 6.92 Å². The number of hydrogen-bond acceptors (Lipinski definition) is 2. The highest BCUT2D eigenvalue weighted by atomic mass is 16.2. The van der Waals surface area contributed by atoms with Crippen LogP contribution in [0, 0.1) is 0 Å². The second kappa shape index (κ2) is 2.95. The van der Waals surface area contributed by atoms with Crippen LogP contribution in [0.1, 0.15) is 20.3 Å². The zero-order valence-electron chi connectivity index (χ0n) is 7.27. The molecule has 1 N–H and O–H groups in total. The second-order valence-electron chi connectivity index (χ2n) is 2.82. The highest BCUT2D eigenvalue weighted by Gasteiger charge is 2.16. The van der Waals surface area contributed by atoms with E-state index in [9.17, 15) is 4.79 Å². The van der Waals surface area contributed by atoms with Gasteiger partial charge >= 0.3 is 0 Å². The Hall–Kier alpha value is -0.990. The van der Waals surface area contributed by atoms with Gasteiger partial charge in [0.1, 0.15) is 0 Å². The van der Waals surface area contributed by atoms with E-state index in [-0.39, 0.29) is 5.91 Å². The normalized spacial score (nSPS) is 18.8. The molecule has 0 bridgehead atoms. The molecule has 0 spiro atoms. The Labute approximate surface area is 67.1 Å². The maximum absolute atomic E-state index is 11.0. The third kappa shape index (κ3) is 1.53. The molecule has 11 heavy (non-hydrogen) atoms. The van der Waals surface area contributed by atoms with E-state index >= 15 is 0 Å². The molecule has 3 nitrogen and oxygen atoms in total. The maximum atomic E-state index is 11.0. The summed E-state index contributed by atoms with van der Waals surface area (Å²) in [6.07, 6.45) is 0.891. The van der Waals surface area contributed by atoms with Crippen molar-refractivity contribution < 1.29 is 4.79 Å². The lowest BCUT2D eigenvalue weighted by atomic mass is 10.2. The van der Waals surface area contributed by atoms with Crippen LogP contribution in [0.3, 0.4) is 0 Å². The predicted octanol–water partition coefficient (Wildman–Crippen LogP) is 0.690. The summed E-state index contributed by atoms with van der Waals surface area (Å²) in [7, 11) is 1.93. The van der Waals surface area contributed by atoms with Crippen LogP contribution in [-0.2, 0) is 4.79 Å². The van der Waals surface area contributed by atoms with Crippen molar-refractivity contribution in [3.05, 3.63) is 11.4 Å². The minimum absolute atomic E-state index is 0.0925. The Morgan fingerprint density at radius 3 is 2.82 bits per heavy atom. The first-order valence-corrected chi connectivity index (χ1v) is 3.86. The molecule has 1 aliphatic heterocycles. The molecule has 1 amide bonds. The minimum atomic E-state index is 0.0925. The summed E-state index contributed by atoms with van der Waals surface area (Å²) in [6.45, 7) is 4.55. The Morgan fingerprint density at radius 1 is 1.64 bits per heavy atom. The topological polar surface area (TPSA) is 32.3 Å². The molecular formula is C8H14N2O. The van der Waals surface area contributed by atoms with Crippen LogP contribution in [0.25, 0.3) is 0 Å². The first-order valence-electron chi connectivity index (χ1n) is 3.86. The molecule has 0 radical (unpaired) electrons. The largest absolute Gasteiger partial charge is 0.367 e. The number of carbonyl (C=O) groups is 1. The molecule has 0 atom stereocenters. The first-order chi connectivity index (χ1) is 5.15. The number of carbonyl (C=O) groups excluding carboxylic acids is 1. The minimum Gasteiger partial charge on any atom is -0.367 e. The predicted molar refractivity (Wildman–Crippen MR) is 43.8 cm³/mol. The molecular weight excluding hydrogens is 140 g/mol. The molecule has 0 aromatic rings. The molecule has 0 saturated carbocycles. The van der Waals surface area contributed by atoms with Gasteiger partial charge in [-0.05, 0) is 13.3 Å². The molecule has 0 aromatic carbocycles. The summed E-state index contributed by atoms with van der Waals surface area (Å²) < 4.78 is 0. The number of rotatable bonds is 1. The van der Waals surface area contributed by atoms with E-state index < -0.39 is 0 Å². The number of hydrogen-bond donors (Lipinski definition) is 1. The molecule has 0 unspecified atom stereocenters. The van der Waals surface area contributed by atoms with Gasteiger partial charge in [0, 0.05) is 18.4 Å². The van der Waals surface area contributed by atoms with Gasteiger partial charge in [0.2, 0.25) is 5.91 Å². The van der Waals surface area contributed by atoms with Crippen LogP contribution >= 0.6 is 0 Å². The molecule has 0 fully saturated rings. The monoisotopic (exact) mass is 154 g/mol. The average molecular weight is 154 g/mol. The summed E-state index contributed by atoms with van der Waals surface area (Å²) in [5.74, 6) is 0.0925. The van der Waals surface area contributed by atoms with E-state index in [1.807, 2.05) is 25.8 Å². The fourth-order valence-corrected chi connectivity index (χ4v) is 1.21. The molecule has 1 heterocycles. The second-order valence-corrected chi connectivity index (χ2v) is 2.82. The van der Waals surface area contributed by atoms with Gasteiger partial charge in [-0.3, -0.25) is 4.79 Å². The van der Waals surface area contributed by atoms with E-state index in [2.05, 4.69) is 5.32 Å². The van der Waals surface area contributed by atoms with Gasteiger partial charge in [0.25, 0.3) is 0 Å². The number of allylic oxidation sites excluding steroid dienone is 2. The number of likely N-dealkylation sites (N-methyl/N-ethyl adjacent to an activating group) is 1. The summed E-state index contributed by atoms with van der Waals surface area (Å²) >= 11 is 0. The van der Waals surface area contributed by atoms with E-state index in [1.165, 1.54) is 5.70 Å². The number of nitrogens with one attached hydrogen (secondary N) is 1. The Kier molecular flexibility index (Phi) is 2.17. The van der Waals surface area contributed by atoms with Crippen molar-refractivity contribution in [2.45, 2.75) is 20.3 Å². The van der Waals surface area contributed by atoms with Crippen LogP contribution < -0.4 is 5.32 Å². The fraction of sp³-hybridized carbons (Fsp3) is 0.625. The van der Waals surface area contributed by atoms with E-state index in [4.69, 9.17) is 0 Å². The van der Waals surface area contributed by atoms with Crippen molar-refractivity contribution in [1.82, 2.24) is 10.2 Å². The van der Waals surface area contributed by atoms with Crippen LogP contribution in [0.15, 0.2) is 11.4 Å². The first kappa shape index (κ1) is 8.11. The average Bonchev–Trinajstić information content (AvgIpc) is 1.96. The molecule has 1 rings (SSSR count). The van der Waals surface area contributed by atoms with Gasteiger partial charge in [-0.2, -0.15) is 0 Å². The summed E-state index contributed by atoms with van der Waals surface area (Å²) in [6, 6.07) is 0. The summed E-state index contributed by atoms with van der Waals surface area (Å²) in [4.78, 5) is 13.0. The Morgan fingerprint density at radius 2 is 2.27 bits per heavy atom.